The number of sulfonamides is 2. The second-order valence-corrected chi connectivity index (χ2v) is 10.7. The molecule has 1 atom stereocenters. The Morgan fingerprint density at radius 2 is 1.48 bits per heavy atom. The summed E-state index contributed by atoms with van der Waals surface area (Å²) in [6.45, 7) is -0.0781. The van der Waals surface area contributed by atoms with E-state index < -0.39 is 32.0 Å². The number of carbonyl (C=O) groups excluding carboxylic acids is 1. The van der Waals surface area contributed by atoms with E-state index in [0.717, 1.165) is 8.61 Å². The van der Waals surface area contributed by atoms with E-state index in [1.807, 2.05) is 0 Å². The average molecular weight is 468 g/mol. The minimum absolute atomic E-state index is 0.0454. The molecule has 11 heteroatoms. The predicted octanol–water partition coefficient (Wildman–Crippen LogP) is 0.513. The molecule has 0 radical (unpaired) electrons. The van der Waals surface area contributed by atoms with Gasteiger partial charge in [-0.3, -0.25) is 4.79 Å². The third-order valence-electron chi connectivity index (χ3n) is 4.93. The van der Waals surface area contributed by atoms with Gasteiger partial charge < -0.3 is 10.1 Å². The van der Waals surface area contributed by atoms with Gasteiger partial charge >= 0.3 is 0 Å². The van der Waals surface area contributed by atoms with Gasteiger partial charge in [-0.05, 0) is 24.3 Å². The smallest absolute Gasteiger partial charge is 0.243 e. The number of nitrogens with one attached hydrogen (secondary N) is 1. The summed E-state index contributed by atoms with van der Waals surface area (Å²) < 4.78 is 59.7. The Kier molecular flexibility index (Phi) is 7.44. The van der Waals surface area contributed by atoms with Crippen LogP contribution in [0.1, 0.15) is 0 Å². The van der Waals surface area contributed by atoms with E-state index in [2.05, 4.69) is 5.32 Å². The maximum atomic E-state index is 13.2. The Labute approximate surface area is 182 Å². The number of hydrogen-bond donors (Lipinski definition) is 1. The molecule has 1 heterocycles. The van der Waals surface area contributed by atoms with Crippen molar-refractivity contribution in [3.8, 4) is 0 Å². The number of methoxy groups -OCH3 is 1. The van der Waals surface area contributed by atoms with Gasteiger partial charge in [-0.25, -0.2) is 16.8 Å². The summed E-state index contributed by atoms with van der Waals surface area (Å²) in [7, 11) is -6.40. The van der Waals surface area contributed by atoms with Crippen molar-refractivity contribution in [3.05, 3.63) is 60.7 Å². The van der Waals surface area contributed by atoms with Crippen LogP contribution in [0.5, 0.6) is 0 Å². The lowest BCUT2D eigenvalue weighted by molar-refractivity contribution is -0.126. The number of piperazine rings is 1. The van der Waals surface area contributed by atoms with Crippen LogP contribution in [0.4, 0.5) is 0 Å². The van der Waals surface area contributed by atoms with Gasteiger partial charge in [-0.15, -0.1) is 0 Å². The summed E-state index contributed by atoms with van der Waals surface area (Å²) >= 11 is 0. The molecule has 1 N–H and O–H groups in total. The topological polar surface area (TPSA) is 113 Å². The molecular formula is C20H25N3O6S2. The van der Waals surface area contributed by atoms with Gasteiger partial charge in [0.1, 0.15) is 6.04 Å². The van der Waals surface area contributed by atoms with E-state index in [0.29, 0.717) is 0 Å². The highest BCUT2D eigenvalue weighted by Crippen LogP contribution is 2.25. The molecule has 1 aliphatic heterocycles. The first kappa shape index (κ1) is 23.4. The highest BCUT2D eigenvalue weighted by Gasteiger charge is 2.43. The van der Waals surface area contributed by atoms with Crippen LogP contribution in [0.2, 0.25) is 0 Å². The molecule has 168 valence electrons. The van der Waals surface area contributed by atoms with Crippen LogP contribution in [0, 0.1) is 0 Å². The monoisotopic (exact) mass is 467 g/mol. The van der Waals surface area contributed by atoms with Gasteiger partial charge in [0.2, 0.25) is 26.0 Å². The van der Waals surface area contributed by atoms with E-state index >= 15 is 0 Å². The second-order valence-electron chi connectivity index (χ2n) is 6.90. The lowest BCUT2D eigenvalue weighted by Crippen LogP contribution is -2.61. The van der Waals surface area contributed by atoms with Crippen LogP contribution in [0.25, 0.3) is 0 Å². The van der Waals surface area contributed by atoms with Crippen LogP contribution in [-0.4, -0.2) is 77.3 Å². The molecule has 2 aromatic rings. The minimum Gasteiger partial charge on any atom is -0.383 e. The summed E-state index contributed by atoms with van der Waals surface area (Å²) in [4.78, 5) is 13.0. The number of rotatable bonds is 8. The molecule has 0 aromatic heterocycles. The maximum absolute atomic E-state index is 13.2. The lowest BCUT2D eigenvalue weighted by atomic mass is 10.2. The van der Waals surface area contributed by atoms with Crippen molar-refractivity contribution in [3.63, 3.8) is 0 Å². The molecule has 0 aliphatic carbocycles. The molecule has 1 fully saturated rings. The van der Waals surface area contributed by atoms with Gasteiger partial charge in [0.15, 0.2) is 0 Å². The lowest BCUT2D eigenvalue weighted by Gasteiger charge is -2.38. The van der Waals surface area contributed by atoms with Crippen molar-refractivity contribution < 1.29 is 26.4 Å². The molecular weight excluding hydrogens is 442 g/mol. The van der Waals surface area contributed by atoms with Crippen LogP contribution in [-0.2, 0) is 29.6 Å². The van der Waals surface area contributed by atoms with Gasteiger partial charge in [-0.1, -0.05) is 36.4 Å². The number of ether oxygens (including phenoxy) is 1. The van der Waals surface area contributed by atoms with Crippen molar-refractivity contribution in [2.45, 2.75) is 15.8 Å². The Morgan fingerprint density at radius 3 is 2.03 bits per heavy atom. The summed E-state index contributed by atoms with van der Waals surface area (Å²) in [6.07, 6.45) is 0. The fraction of sp³-hybridized carbons (Fsp3) is 0.350. The fourth-order valence-electron chi connectivity index (χ4n) is 3.32. The predicted molar refractivity (Wildman–Crippen MR) is 114 cm³/mol. The van der Waals surface area contributed by atoms with Gasteiger partial charge in [0.05, 0.1) is 16.4 Å². The van der Waals surface area contributed by atoms with Gasteiger partial charge in [0.25, 0.3) is 0 Å². The fourth-order valence-corrected chi connectivity index (χ4v) is 6.37. The Balaban J connectivity index is 1.92. The number of benzene rings is 2. The molecule has 0 unspecified atom stereocenters. The first-order chi connectivity index (χ1) is 14.8. The molecule has 0 bridgehead atoms. The highest BCUT2D eigenvalue weighted by molar-refractivity contribution is 7.89. The second kappa shape index (κ2) is 9.88. The molecule has 31 heavy (non-hydrogen) atoms. The number of hydrogen-bond acceptors (Lipinski definition) is 6. The van der Waals surface area contributed by atoms with Crippen LogP contribution in [0.3, 0.4) is 0 Å². The van der Waals surface area contributed by atoms with Crippen molar-refractivity contribution in [2.24, 2.45) is 0 Å². The summed E-state index contributed by atoms with van der Waals surface area (Å²) in [5, 5.41) is 2.63. The number of nitrogens with zero attached hydrogens (tertiary/aromatic N) is 2. The zero-order valence-electron chi connectivity index (χ0n) is 17.0. The van der Waals surface area contributed by atoms with Crippen LogP contribution in [0.15, 0.2) is 70.5 Å². The standard InChI is InChI=1S/C20H25N3O6S2/c1-29-15-12-21-20(24)19-16-22(30(25,26)17-8-4-2-5-9-17)13-14-23(19)31(27,28)18-10-6-3-7-11-18/h2-11,19H,12-16H2,1H3,(H,21,24)/t19-/m0/s1. The van der Waals surface area contributed by atoms with E-state index in [1.54, 1.807) is 36.4 Å². The van der Waals surface area contributed by atoms with Gasteiger partial charge in [-0.2, -0.15) is 8.61 Å². The molecule has 1 amide bonds. The summed E-state index contributed by atoms with van der Waals surface area (Å²) in [6, 6.07) is 14.4. The molecule has 0 spiro atoms. The molecule has 9 nitrogen and oxygen atoms in total. The third-order valence-corrected chi connectivity index (χ3v) is 8.73. The summed E-state index contributed by atoms with van der Waals surface area (Å²) in [5.74, 6) is -0.579. The van der Waals surface area contributed by atoms with Gasteiger partial charge in [0, 0.05) is 33.3 Å². The highest BCUT2D eigenvalue weighted by atomic mass is 32.2. The normalized spacial score (nSPS) is 18.5. The van der Waals surface area contributed by atoms with Crippen molar-refractivity contribution in [1.29, 1.82) is 0 Å². The number of amides is 1. The van der Waals surface area contributed by atoms with Crippen LogP contribution < -0.4 is 5.32 Å². The SMILES string of the molecule is COCCNC(=O)[C@@H]1CN(S(=O)(=O)c2ccccc2)CCN1S(=O)(=O)c1ccccc1. The largest absolute Gasteiger partial charge is 0.383 e. The zero-order chi connectivity index (χ0) is 22.5. The maximum Gasteiger partial charge on any atom is 0.243 e. The molecule has 0 saturated carbocycles. The van der Waals surface area contributed by atoms with E-state index in [9.17, 15) is 21.6 Å². The Bertz CT molecular complexity index is 1090. The molecule has 1 saturated heterocycles. The number of carbonyl (C=O) groups is 1. The van der Waals surface area contributed by atoms with Crippen LogP contribution >= 0.6 is 0 Å². The zero-order valence-corrected chi connectivity index (χ0v) is 18.7. The quantitative estimate of drug-likeness (QED) is 0.566. The third kappa shape index (κ3) is 5.13. The first-order valence-corrected chi connectivity index (χ1v) is 12.5. The molecule has 3 rings (SSSR count). The van der Waals surface area contributed by atoms with Crippen molar-refractivity contribution >= 4 is 26.0 Å². The molecule has 1 aliphatic rings. The Hall–Kier alpha value is -2.31. The van der Waals surface area contributed by atoms with Crippen molar-refractivity contribution in [2.75, 3.05) is 39.9 Å². The first-order valence-electron chi connectivity index (χ1n) is 9.67. The minimum atomic E-state index is -4.00. The average Bonchev–Trinajstić information content (AvgIpc) is 2.80. The van der Waals surface area contributed by atoms with E-state index in [4.69, 9.17) is 4.74 Å². The van der Waals surface area contributed by atoms with E-state index in [-0.39, 0.29) is 42.6 Å². The Morgan fingerprint density at radius 1 is 0.935 bits per heavy atom. The van der Waals surface area contributed by atoms with Crippen molar-refractivity contribution in [1.82, 2.24) is 13.9 Å². The van der Waals surface area contributed by atoms with E-state index in [1.165, 1.54) is 31.4 Å². The summed E-state index contributed by atoms with van der Waals surface area (Å²) in [5.41, 5.74) is 0. The molecule has 2 aromatic carbocycles.